The number of hydrogen-bond donors (Lipinski definition) is 1. The number of anilines is 1. The Hall–Kier alpha value is -0.680. The molecule has 0 amide bonds. The van der Waals surface area contributed by atoms with E-state index < -0.39 is 0 Å². The first-order valence-electron chi connectivity index (χ1n) is 5.83. The highest BCUT2D eigenvalue weighted by Crippen LogP contribution is 2.25. The summed E-state index contributed by atoms with van der Waals surface area (Å²) in [5.41, 5.74) is 0. The number of likely N-dealkylation sites (tertiary alicyclic amines) is 1. The van der Waals surface area contributed by atoms with E-state index in [1.54, 1.807) is 11.3 Å². The third-order valence-corrected chi connectivity index (χ3v) is 4.22. The van der Waals surface area contributed by atoms with E-state index in [-0.39, 0.29) is 0 Å². The van der Waals surface area contributed by atoms with E-state index in [4.69, 9.17) is 0 Å². The molecule has 1 N–H and O–H groups in total. The average molecular weight is 240 g/mol. The van der Waals surface area contributed by atoms with Gasteiger partial charge in [0, 0.05) is 18.6 Å². The van der Waals surface area contributed by atoms with Gasteiger partial charge in [0.05, 0.1) is 0 Å². The van der Waals surface area contributed by atoms with E-state index in [0.717, 1.165) is 16.7 Å². The minimum Gasteiger partial charge on any atom is -0.357 e. The maximum atomic E-state index is 4.13. The van der Waals surface area contributed by atoms with Gasteiger partial charge in [-0.15, -0.1) is 10.2 Å². The lowest BCUT2D eigenvalue weighted by molar-refractivity contribution is 0.145. The summed E-state index contributed by atoms with van der Waals surface area (Å²) in [5, 5.41) is 13.7. The number of aryl methyl sites for hydroxylation is 1. The third kappa shape index (κ3) is 2.52. The lowest BCUT2D eigenvalue weighted by Gasteiger charge is -2.39. The fourth-order valence-corrected chi connectivity index (χ4v) is 2.91. The monoisotopic (exact) mass is 240 g/mol. The number of nitrogens with one attached hydrogen (secondary N) is 1. The molecule has 2 rings (SSSR count). The second-order valence-corrected chi connectivity index (χ2v) is 6.06. The summed E-state index contributed by atoms with van der Waals surface area (Å²) in [7, 11) is 2.20. The molecule has 0 aromatic carbocycles. The highest BCUT2D eigenvalue weighted by molar-refractivity contribution is 7.15. The van der Waals surface area contributed by atoms with E-state index in [1.807, 2.05) is 6.92 Å². The first-order valence-corrected chi connectivity index (χ1v) is 6.65. The van der Waals surface area contributed by atoms with Crippen LogP contribution < -0.4 is 5.32 Å². The molecule has 0 spiro atoms. The topological polar surface area (TPSA) is 41.1 Å². The van der Waals surface area contributed by atoms with Crippen LogP contribution in [0.4, 0.5) is 5.13 Å². The molecule has 1 aromatic heterocycles. The predicted molar refractivity (Wildman–Crippen MR) is 67.9 cm³/mol. The molecule has 1 aliphatic heterocycles. The Morgan fingerprint density at radius 3 is 2.75 bits per heavy atom. The zero-order chi connectivity index (χ0) is 11.7. The molecular formula is C11H20N4S. The molecule has 0 bridgehead atoms. The average Bonchev–Trinajstić information content (AvgIpc) is 2.60. The largest absolute Gasteiger partial charge is 0.357 e. The van der Waals surface area contributed by atoms with E-state index in [2.05, 4.69) is 41.3 Å². The van der Waals surface area contributed by atoms with Crippen LogP contribution >= 0.6 is 11.3 Å². The standard InChI is InChI=1S/C11H20N4S/c1-7-6-15(4)8(2)5-10(7)12-11-14-13-9(3)16-11/h7-8,10H,5-6H2,1-4H3,(H,12,14). The molecule has 1 aromatic rings. The van der Waals surface area contributed by atoms with Crippen molar-refractivity contribution in [1.82, 2.24) is 15.1 Å². The van der Waals surface area contributed by atoms with Gasteiger partial charge >= 0.3 is 0 Å². The van der Waals surface area contributed by atoms with Crippen LogP contribution in [0.2, 0.25) is 0 Å². The van der Waals surface area contributed by atoms with E-state index >= 15 is 0 Å². The Balaban J connectivity index is 1.99. The minimum atomic E-state index is 0.526. The molecule has 0 aliphatic carbocycles. The Bertz CT molecular complexity index is 352. The van der Waals surface area contributed by atoms with Gasteiger partial charge in [-0.25, -0.2) is 0 Å². The molecule has 0 saturated carbocycles. The Kier molecular flexibility index (Phi) is 3.44. The second kappa shape index (κ2) is 4.67. The molecule has 1 fully saturated rings. The van der Waals surface area contributed by atoms with Gasteiger partial charge in [-0.05, 0) is 33.2 Å². The van der Waals surface area contributed by atoms with Gasteiger partial charge in [0.15, 0.2) is 0 Å². The lowest BCUT2D eigenvalue weighted by atomic mass is 9.90. The maximum Gasteiger partial charge on any atom is 0.205 e. The van der Waals surface area contributed by atoms with Crippen molar-refractivity contribution in [3.8, 4) is 0 Å². The second-order valence-electron chi connectivity index (χ2n) is 4.88. The highest BCUT2D eigenvalue weighted by atomic mass is 32.1. The van der Waals surface area contributed by atoms with E-state index in [9.17, 15) is 0 Å². The zero-order valence-electron chi connectivity index (χ0n) is 10.4. The van der Waals surface area contributed by atoms with Crippen LogP contribution in [0.25, 0.3) is 0 Å². The summed E-state index contributed by atoms with van der Waals surface area (Å²) in [6.07, 6.45) is 1.18. The van der Waals surface area contributed by atoms with Crippen LogP contribution in [-0.4, -0.2) is 40.8 Å². The summed E-state index contributed by atoms with van der Waals surface area (Å²) in [5.74, 6) is 0.658. The molecule has 0 radical (unpaired) electrons. The quantitative estimate of drug-likeness (QED) is 0.858. The fraction of sp³-hybridized carbons (Fsp3) is 0.818. The smallest absolute Gasteiger partial charge is 0.205 e. The van der Waals surface area contributed by atoms with Gasteiger partial charge in [-0.3, -0.25) is 0 Å². The molecule has 1 aliphatic rings. The van der Waals surface area contributed by atoms with Crippen molar-refractivity contribution in [1.29, 1.82) is 0 Å². The predicted octanol–water partition coefficient (Wildman–Crippen LogP) is 1.99. The maximum absolute atomic E-state index is 4.13. The molecule has 16 heavy (non-hydrogen) atoms. The molecule has 4 nitrogen and oxygen atoms in total. The van der Waals surface area contributed by atoms with Crippen molar-refractivity contribution in [2.45, 2.75) is 39.3 Å². The van der Waals surface area contributed by atoms with Crippen molar-refractivity contribution >= 4 is 16.5 Å². The van der Waals surface area contributed by atoms with Crippen LogP contribution in [0.3, 0.4) is 0 Å². The number of aromatic nitrogens is 2. The van der Waals surface area contributed by atoms with Crippen molar-refractivity contribution < 1.29 is 0 Å². The lowest BCUT2D eigenvalue weighted by Crippen LogP contribution is -2.48. The van der Waals surface area contributed by atoms with Gasteiger partial charge in [0.2, 0.25) is 5.13 Å². The summed E-state index contributed by atoms with van der Waals surface area (Å²) < 4.78 is 0. The van der Waals surface area contributed by atoms with Crippen LogP contribution in [0.1, 0.15) is 25.3 Å². The first-order chi connectivity index (χ1) is 7.56. The fourth-order valence-electron chi connectivity index (χ4n) is 2.26. The van der Waals surface area contributed by atoms with Gasteiger partial charge < -0.3 is 10.2 Å². The molecule has 3 unspecified atom stereocenters. The van der Waals surface area contributed by atoms with Crippen LogP contribution in [0.15, 0.2) is 0 Å². The van der Waals surface area contributed by atoms with Gasteiger partial charge in [-0.1, -0.05) is 18.3 Å². The number of nitrogens with zero attached hydrogens (tertiary/aromatic N) is 3. The minimum absolute atomic E-state index is 0.526. The number of hydrogen-bond acceptors (Lipinski definition) is 5. The molecular weight excluding hydrogens is 220 g/mol. The Morgan fingerprint density at radius 1 is 1.38 bits per heavy atom. The molecule has 2 heterocycles. The van der Waals surface area contributed by atoms with Gasteiger partial charge in [0.1, 0.15) is 5.01 Å². The molecule has 5 heteroatoms. The number of piperidine rings is 1. The zero-order valence-corrected chi connectivity index (χ0v) is 11.2. The summed E-state index contributed by atoms with van der Waals surface area (Å²) in [6.45, 7) is 7.72. The Morgan fingerprint density at radius 2 is 2.12 bits per heavy atom. The normalized spacial score (nSPS) is 31.6. The summed E-state index contributed by atoms with van der Waals surface area (Å²) in [6, 6.07) is 1.17. The van der Waals surface area contributed by atoms with Crippen molar-refractivity contribution in [3.63, 3.8) is 0 Å². The summed E-state index contributed by atoms with van der Waals surface area (Å²) in [4.78, 5) is 2.42. The first kappa shape index (κ1) is 11.8. The Labute approximate surface area is 101 Å². The molecule has 90 valence electrons. The van der Waals surface area contributed by atoms with Gasteiger partial charge in [0.25, 0.3) is 0 Å². The number of rotatable bonds is 2. The van der Waals surface area contributed by atoms with Crippen molar-refractivity contribution in [2.24, 2.45) is 5.92 Å². The van der Waals surface area contributed by atoms with E-state index in [1.165, 1.54) is 6.42 Å². The summed E-state index contributed by atoms with van der Waals surface area (Å²) >= 11 is 1.64. The molecule has 3 atom stereocenters. The SMILES string of the molecule is Cc1nnc(NC2CC(C)N(C)CC2C)s1. The van der Waals surface area contributed by atoms with Crippen molar-refractivity contribution in [3.05, 3.63) is 5.01 Å². The van der Waals surface area contributed by atoms with Crippen LogP contribution in [0, 0.1) is 12.8 Å². The van der Waals surface area contributed by atoms with E-state index in [0.29, 0.717) is 18.0 Å². The third-order valence-electron chi connectivity index (χ3n) is 3.45. The van der Waals surface area contributed by atoms with Crippen LogP contribution in [0.5, 0.6) is 0 Å². The highest BCUT2D eigenvalue weighted by Gasteiger charge is 2.29. The van der Waals surface area contributed by atoms with Gasteiger partial charge in [-0.2, -0.15) is 0 Å². The molecule has 1 saturated heterocycles. The van der Waals surface area contributed by atoms with Crippen molar-refractivity contribution in [2.75, 3.05) is 18.9 Å². The van der Waals surface area contributed by atoms with Crippen LogP contribution in [-0.2, 0) is 0 Å².